The van der Waals surface area contributed by atoms with Crippen LogP contribution < -0.4 is 5.46 Å². The van der Waals surface area contributed by atoms with Crippen molar-refractivity contribution in [3.63, 3.8) is 0 Å². The third-order valence-corrected chi connectivity index (χ3v) is 4.89. The molecule has 2 heterocycles. The molecule has 0 N–H and O–H groups in total. The maximum Gasteiger partial charge on any atom is 0.498 e. The fourth-order valence-electron chi connectivity index (χ4n) is 2.63. The smallest absolute Gasteiger partial charge is 0.460 e. The molecule has 0 unspecified atom stereocenters. The van der Waals surface area contributed by atoms with Gasteiger partial charge in [0.15, 0.2) is 0 Å². The summed E-state index contributed by atoms with van der Waals surface area (Å²) in [7, 11) is -0.409. The monoisotopic (exact) mass is 410 g/mol. The van der Waals surface area contributed by atoms with E-state index in [0.29, 0.717) is 33.0 Å². The van der Waals surface area contributed by atoms with E-state index in [1.807, 2.05) is 59.3 Å². The van der Waals surface area contributed by atoms with Crippen LogP contribution in [0.25, 0.3) is 0 Å². The molecule has 0 amide bonds. The van der Waals surface area contributed by atoms with E-state index in [-0.39, 0.29) is 23.6 Å². The molecule has 0 saturated carbocycles. The van der Waals surface area contributed by atoms with Crippen LogP contribution in [0, 0.1) is 0 Å². The number of ether oxygens (including phenoxy) is 3. The van der Waals surface area contributed by atoms with Crippen molar-refractivity contribution in [3.8, 4) is 0 Å². The van der Waals surface area contributed by atoms with E-state index in [1.165, 1.54) is 0 Å². The molecule has 0 spiro atoms. The summed E-state index contributed by atoms with van der Waals surface area (Å²) in [5.74, 6) is -0.255. The maximum absolute atomic E-state index is 11.6. The molecule has 1 aromatic rings. The highest BCUT2D eigenvalue weighted by molar-refractivity contribution is 6.61. The molecule has 0 aliphatic carbocycles. The normalized spacial score (nSPS) is 18.2. The van der Waals surface area contributed by atoms with E-state index < -0.39 is 12.7 Å². The Morgan fingerprint density at radius 2 is 1.66 bits per heavy atom. The molecular weight excluding hydrogens is 375 g/mol. The Hall–Kier alpha value is -1.42. The van der Waals surface area contributed by atoms with E-state index in [9.17, 15) is 4.79 Å². The number of nitrogens with zero attached hydrogens (tertiary/aromatic N) is 2. The first-order chi connectivity index (χ1) is 13.4. The van der Waals surface area contributed by atoms with Crippen molar-refractivity contribution in [1.29, 1.82) is 0 Å². The summed E-state index contributed by atoms with van der Waals surface area (Å²) in [6.45, 7) is 16.0. The van der Waals surface area contributed by atoms with Crippen LogP contribution in [0.15, 0.2) is 12.4 Å². The minimum absolute atomic E-state index is 0.242. The fourth-order valence-corrected chi connectivity index (χ4v) is 2.63. The maximum atomic E-state index is 11.6. The highest BCUT2D eigenvalue weighted by atomic mass is 16.7. The Balaban J connectivity index is 1.58. The lowest BCUT2D eigenvalue weighted by Gasteiger charge is -2.32. The van der Waals surface area contributed by atoms with Crippen molar-refractivity contribution in [2.45, 2.75) is 78.2 Å². The molecule has 164 valence electrons. The number of rotatable bonds is 10. The third kappa shape index (κ3) is 7.40. The van der Waals surface area contributed by atoms with Crippen LogP contribution in [0.5, 0.6) is 0 Å². The Morgan fingerprint density at radius 3 is 2.24 bits per heavy atom. The van der Waals surface area contributed by atoms with Gasteiger partial charge in [0.2, 0.25) is 0 Å². The number of carbonyl (C=O) groups excluding carboxylic acids is 1. The van der Waals surface area contributed by atoms with E-state index in [4.69, 9.17) is 23.5 Å². The van der Waals surface area contributed by atoms with Gasteiger partial charge in [0.25, 0.3) is 0 Å². The van der Waals surface area contributed by atoms with Crippen molar-refractivity contribution in [3.05, 3.63) is 12.4 Å². The molecule has 0 atom stereocenters. The number of esters is 1. The average Bonchev–Trinajstić information content (AvgIpc) is 3.11. The summed E-state index contributed by atoms with van der Waals surface area (Å²) in [6, 6.07) is 0. The lowest BCUT2D eigenvalue weighted by atomic mass is 9.82. The second-order valence-corrected chi connectivity index (χ2v) is 9.19. The molecule has 8 nitrogen and oxygen atoms in total. The summed E-state index contributed by atoms with van der Waals surface area (Å²) in [5, 5.41) is 4.35. The van der Waals surface area contributed by atoms with Crippen LogP contribution in [0.3, 0.4) is 0 Å². The van der Waals surface area contributed by atoms with E-state index in [0.717, 1.165) is 5.46 Å². The first-order valence-corrected chi connectivity index (χ1v) is 10.1. The standard InChI is InChI=1S/C20H35BN2O6/c1-18(2,3)27-17(24)8-10-25-12-13-26-11-9-23-15-16(14-22-23)21-28-19(4,5)20(6,7)29-21/h14-15H,8-13H2,1-7H3. The summed E-state index contributed by atoms with van der Waals surface area (Å²) in [5.41, 5.74) is -0.303. The van der Waals surface area contributed by atoms with E-state index in [2.05, 4.69) is 5.10 Å². The minimum Gasteiger partial charge on any atom is -0.460 e. The van der Waals surface area contributed by atoms with Crippen molar-refractivity contribution in [1.82, 2.24) is 9.78 Å². The van der Waals surface area contributed by atoms with Gasteiger partial charge in [0, 0.05) is 17.9 Å². The molecule has 1 aliphatic heterocycles. The van der Waals surface area contributed by atoms with Crippen LogP contribution in [-0.4, -0.2) is 66.1 Å². The SMILES string of the molecule is CC(C)(C)OC(=O)CCOCCOCCn1cc(B2OC(C)(C)C(C)(C)O2)cn1. The van der Waals surface area contributed by atoms with Crippen LogP contribution in [0.4, 0.5) is 0 Å². The molecule has 2 rings (SSSR count). The number of aromatic nitrogens is 2. The van der Waals surface area contributed by atoms with Crippen LogP contribution >= 0.6 is 0 Å². The molecule has 1 saturated heterocycles. The van der Waals surface area contributed by atoms with Gasteiger partial charge in [0.1, 0.15) is 5.60 Å². The molecule has 1 fully saturated rings. The molecule has 0 aromatic carbocycles. The number of hydrogen-bond acceptors (Lipinski definition) is 7. The molecular formula is C20H35BN2O6. The van der Waals surface area contributed by atoms with Gasteiger partial charge in [-0.05, 0) is 48.5 Å². The molecule has 29 heavy (non-hydrogen) atoms. The molecule has 1 aromatic heterocycles. The van der Waals surface area contributed by atoms with Gasteiger partial charge in [-0.15, -0.1) is 0 Å². The minimum atomic E-state index is -0.463. The van der Waals surface area contributed by atoms with Gasteiger partial charge in [-0.1, -0.05) is 0 Å². The zero-order valence-electron chi connectivity index (χ0n) is 18.8. The third-order valence-electron chi connectivity index (χ3n) is 4.89. The Morgan fingerprint density at radius 1 is 1.07 bits per heavy atom. The highest BCUT2D eigenvalue weighted by Gasteiger charge is 2.52. The van der Waals surface area contributed by atoms with Gasteiger partial charge in [-0.25, -0.2) is 0 Å². The van der Waals surface area contributed by atoms with Crippen molar-refractivity contribution in [2.75, 3.05) is 26.4 Å². The summed E-state index contributed by atoms with van der Waals surface area (Å²) < 4.78 is 30.0. The van der Waals surface area contributed by atoms with E-state index >= 15 is 0 Å². The Kier molecular flexibility index (Phi) is 7.90. The zero-order valence-corrected chi connectivity index (χ0v) is 18.8. The first kappa shape index (κ1) is 23.9. The van der Waals surface area contributed by atoms with Gasteiger partial charge in [0.05, 0.1) is 50.6 Å². The van der Waals surface area contributed by atoms with Crippen molar-refractivity contribution < 1.29 is 28.3 Å². The molecule has 0 radical (unpaired) electrons. The zero-order chi connectivity index (χ0) is 21.7. The summed E-state index contributed by atoms with van der Waals surface area (Å²) in [4.78, 5) is 11.6. The molecule has 1 aliphatic rings. The van der Waals surface area contributed by atoms with Gasteiger partial charge < -0.3 is 23.5 Å². The van der Waals surface area contributed by atoms with Crippen molar-refractivity contribution in [2.24, 2.45) is 0 Å². The largest absolute Gasteiger partial charge is 0.498 e. The van der Waals surface area contributed by atoms with Crippen molar-refractivity contribution >= 4 is 18.6 Å². The van der Waals surface area contributed by atoms with Gasteiger partial charge in [-0.3, -0.25) is 9.48 Å². The summed E-state index contributed by atoms with van der Waals surface area (Å²) in [6.07, 6.45) is 3.93. The molecule has 9 heteroatoms. The second kappa shape index (κ2) is 9.60. The van der Waals surface area contributed by atoms with Crippen LogP contribution in [-0.2, 0) is 34.9 Å². The lowest BCUT2D eigenvalue weighted by molar-refractivity contribution is -0.156. The van der Waals surface area contributed by atoms with E-state index in [1.54, 1.807) is 6.20 Å². The first-order valence-electron chi connectivity index (χ1n) is 10.1. The predicted molar refractivity (Wildman–Crippen MR) is 110 cm³/mol. The fraction of sp³-hybridized carbons (Fsp3) is 0.800. The molecule has 0 bridgehead atoms. The van der Waals surface area contributed by atoms with Gasteiger partial charge >= 0.3 is 13.1 Å². The summed E-state index contributed by atoms with van der Waals surface area (Å²) >= 11 is 0. The predicted octanol–water partition coefficient (Wildman–Crippen LogP) is 1.95. The topological polar surface area (TPSA) is 81.0 Å². The average molecular weight is 410 g/mol. The second-order valence-electron chi connectivity index (χ2n) is 9.19. The highest BCUT2D eigenvalue weighted by Crippen LogP contribution is 2.36. The Labute approximate surface area is 174 Å². The van der Waals surface area contributed by atoms with Crippen LogP contribution in [0.2, 0.25) is 0 Å². The number of hydrogen-bond donors (Lipinski definition) is 0. The quantitative estimate of drug-likeness (QED) is 0.331. The van der Waals surface area contributed by atoms with Crippen LogP contribution in [0.1, 0.15) is 54.9 Å². The Bertz CT molecular complexity index is 652. The lowest BCUT2D eigenvalue weighted by Crippen LogP contribution is -2.41. The van der Waals surface area contributed by atoms with Gasteiger partial charge in [-0.2, -0.15) is 5.10 Å². The number of carbonyl (C=O) groups is 1.